The number of fused-ring (bicyclic) bond motifs is 1. The number of amides is 1. The van der Waals surface area contributed by atoms with Gasteiger partial charge in [0, 0.05) is 5.56 Å². The quantitative estimate of drug-likeness (QED) is 0.796. The summed E-state index contributed by atoms with van der Waals surface area (Å²) < 4.78 is 11.5. The molecule has 0 N–H and O–H groups in total. The standard InChI is InChI=1S/C13H11NO4S2/c15-9(6-19-13-14-12(16)7-20-13)8-1-2-10-11(5-8)18-4-3-17-10/h1-2,5H,3-4,6-7H2. The van der Waals surface area contributed by atoms with Crippen molar-refractivity contribution in [1.82, 2.24) is 0 Å². The van der Waals surface area contributed by atoms with Crippen LogP contribution in [-0.2, 0) is 4.79 Å². The fraction of sp³-hybridized carbons (Fsp3) is 0.308. The predicted molar refractivity (Wildman–Crippen MR) is 79.1 cm³/mol. The van der Waals surface area contributed by atoms with Gasteiger partial charge in [-0.2, -0.15) is 4.99 Å². The van der Waals surface area contributed by atoms with Crippen LogP contribution < -0.4 is 9.47 Å². The van der Waals surface area contributed by atoms with E-state index in [-0.39, 0.29) is 17.4 Å². The number of carbonyl (C=O) groups excluding carboxylic acids is 2. The molecular weight excluding hydrogens is 298 g/mol. The SMILES string of the molecule is O=C1CSC(SCC(=O)c2ccc3c(c2)OCCO3)=N1. The van der Waals surface area contributed by atoms with Gasteiger partial charge in [-0.25, -0.2) is 0 Å². The molecular formula is C13H11NO4S2. The number of hydrogen-bond acceptors (Lipinski definition) is 6. The van der Waals surface area contributed by atoms with Crippen molar-refractivity contribution in [1.29, 1.82) is 0 Å². The number of hydrogen-bond donors (Lipinski definition) is 0. The van der Waals surface area contributed by atoms with Gasteiger partial charge in [-0.1, -0.05) is 23.5 Å². The molecule has 0 unspecified atom stereocenters. The van der Waals surface area contributed by atoms with Crippen LogP contribution in [-0.4, -0.2) is 40.8 Å². The Kier molecular flexibility index (Phi) is 3.98. The predicted octanol–water partition coefficient (Wildman–Crippen LogP) is 2.00. The fourth-order valence-electron chi connectivity index (χ4n) is 1.79. The third-order valence-corrected chi connectivity index (χ3v) is 4.91. The van der Waals surface area contributed by atoms with Crippen molar-refractivity contribution < 1.29 is 19.1 Å². The molecule has 0 radical (unpaired) electrons. The summed E-state index contributed by atoms with van der Waals surface area (Å²) in [6, 6.07) is 5.18. The smallest absolute Gasteiger partial charge is 0.257 e. The first kappa shape index (κ1) is 13.5. The van der Waals surface area contributed by atoms with E-state index in [0.717, 1.165) is 0 Å². The highest BCUT2D eigenvalue weighted by atomic mass is 32.2. The second-order valence-electron chi connectivity index (χ2n) is 4.13. The van der Waals surface area contributed by atoms with Gasteiger partial charge in [0.2, 0.25) is 0 Å². The number of ketones is 1. The van der Waals surface area contributed by atoms with Gasteiger partial charge in [0.05, 0.1) is 11.5 Å². The first-order chi connectivity index (χ1) is 9.72. The van der Waals surface area contributed by atoms with Gasteiger partial charge in [-0.15, -0.1) is 0 Å². The number of ether oxygens (including phenoxy) is 2. The van der Waals surface area contributed by atoms with E-state index in [1.807, 2.05) is 0 Å². The van der Waals surface area contributed by atoms with Gasteiger partial charge >= 0.3 is 0 Å². The summed E-state index contributed by atoms with van der Waals surface area (Å²) in [5.74, 6) is 1.76. The van der Waals surface area contributed by atoms with Crippen molar-refractivity contribution in [2.75, 3.05) is 24.7 Å². The lowest BCUT2D eigenvalue weighted by molar-refractivity contribution is -0.115. The minimum Gasteiger partial charge on any atom is -0.486 e. The zero-order chi connectivity index (χ0) is 13.9. The summed E-state index contributed by atoms with van der Waals surface area (Å²) >= 11 is 2.68. The molecule has 1 aromatic rings. The van der Waals surface area contributed by atoms with Crippen LogP contribution in [0.3, 0.4) is 0 Å². The summed E-state index contributed by atoms with van der Waals surface area (Å²) in [6.07, 6.45) is 0. The first-order valence-corrected chi connectivity index (χ1v) is 7.99. The summed E-state index contributed by atoms with van der Waals surface area (Å²) in [4.78, 5) is 26.9. The van der Waals surface area contributed by atoms with E-state index < -0.39 is 0 Å². The topological polar surface area (TPSA) is 65.0 Å². The lowest BCUT2D eigenvalue weighted by atomic mass is 10.1. The van der Waals surface area contributed by atoms with E-state index in [4.69, 9.17) is 9.47 Å². The van der Waals surface area contributed by atoms with Crippen molar-refractivity contribution in [3.8, 4) is 11.5 Å². The summed E-state index contributed by atoms with van der Waals surface area (Å²) in [6.45, 7) is 1.02. The number of thioether (sulfide) groups is 2. The van der Waals surface area contributed by atoms with Gasteiger partial charge in [0.25, 0.3) is 5.91 Å². The van der Waals surface area contributed by atoms with E-state index >= 15 is 0 Å². The fourth-order valence-corrected chi connectivity index (χ4v) is 3.54. The molecule has 0 aliphatic carbocycles. The van der Waals surface area contributed by atoms with Crippen LogP contribution >= 0.6 is 23.5 Å². The lowest BCUT2D eigenvalue weighted by Gasteiger charge is -2.18. The van der Waals surface area contributed by atoms with Gasteiger partial charge in [-0.3, -0.25) is 9.59 Å². The van der Waals surface area contributed by atoms with Crippen molar-refractivity contribution in [2.24, 2.45) is 4.99 Å². The van der Waals surface area contributed by atoms with E-state index in [0.29, 0.717) is 40.4 Å². The molecule has 1 aromatic carbocycles. The van der Waals surface area contributed by atoms with Gasteiger partial charge in [0.1, 0.15) is 17.6 Å². The first-order valence-electron chi connectivity index (χ1n) is 6.02. The molecule has 104 valence electrons. The minimum absolute atomic E-state index is 0.0189. The Morgan fingerprint density at radius 2 is 2.10 bits per heavy atom. The number of nitrogens with zero attached hydrogens (tertiary/aromatic N) is 1. The maximum atomic E-state index is 12.1. The minimum atomic E-state index is -0.135. The monoisotopic (exact) mass is 309 g/mol. The second-order valence-corrected chi connectivity index (χ2v) is 6.32. The molecule has 0 atom stereocenters. The van der Waals surface area contributed by atoms with E-state index in [1.165, 1.54) is 23.5 Å². The number of benzene rings is 1. The highest BCUT2D eigenvalue weighted by molar-refractivity contribution is 8.39. The van der Waals surface area contributed by atoms with Gasteiger partial charge in [-0.05, 0) is 18.2 Å². The van der Waals surface area contributed by atoms with E-state index in [9.17, 15) is 9.59 Å². The number of Topliss-reactive ketones (excluding diaryl/α,β-unsaturated/α-hetero) is 1. The summed E-state index contributed by atoms with van der Waals surface area (Å²) in [5, 5.41) is 0. The third kappa shape index (κ3) is 2.99. The molecule has 0 aromatic heterocycles. The number of aliphatic imine (C=N–C) groups is 1. The molecule has 3 rings (SSSR count). The average molecular weight is 309 g/mol. The molecule has 0 spiro atoms. The number of carbonyl (C=O) groups is 2. The Bertz CT molecular complexity index is 600. The summed E-state index contributed by atoms with van der Waals surface area (Å²) in [5.41, 5.74) is 0.580. The molecule has 0 bridgehead atoms. The van der Waals surface area contributed by atoms with Gasteiger partial charge in [0.15, 0.2) is 17.3 Å². The Balaban J connectivity index is 1.65. The molecule has 0 saturated carbocycles. The van der Waals surface area contributed by atoms with E-state index in [2.05, 4.69) is 4.99 Å². The molecule has 1 amide bonds. The third-order valence-electron chi connectivity index (χ3n) is 2.73. The molecule has 0 saturated heterocycles. The molecule has 2 heterocycles. The van der Waals surface area contributed by atoms with Crippen molar-refractivity contribution in [3.05, 3.63) is 23.8 Å². The van der Waals surface area contributed by atoms with Crippen molar-refractivity contribution in [3.63, 3.8) is 0 Å². The second kappa shape index (κ2) is 5.88. The van der Waals surface area contributed by atoms with Crippen LogP contribution in [0.5, 0.6) is 11.5 Å². The summed E-state index contributed by atoms with van der Waals surface area (Å²) in [7, 11) is 0. The lowest BCUT2D eigenvalue weighted by Crippen LogP contribution is -2.16. The number of rotatable bonds is 3. The molecule has 2 aliphatic heterocycles. The highest BCUT2D eigenvalue weighted by Crippen LogP contribution is 2.31. The Labute approximate surface area is 124 Å². The Hall–Kier alpha value is -1.47. The van der Waals surface area contributed by atoms with Crippen LogP contribution in [0.1, 0.15) is 10.4 Å². The molecule has 7 heteroatoms. The Morgan fingerprint density at radius 3 is 2.85 bits per heavy atom. The Morgan fingerprint density at radius 1 is 1.30 bits per heavy atom. The molecule has 20 heavy (non-hydrogen) atoms. The normalized spacial score (nSPS) is 17.0. The van der Waals surface area contributed by atoms with Crippen LogP contribution in [0, 0.1) is 0 Å². The molecule has 5 nitrogen and oxygen atoms in total. The zero-order valence-electron chi connectivity index (χ0n) is 10.5. The van der Waals surface area contributed by atoms with Gasteiger partial charge < -0.3 is 9.47 Å². The maximum Gasteiger partial charge on any atom is 0.257 e. The molecule has 0 fully saturated rings. The van der Waals surface area contributed by atoms with Crippen LogP contribution in [0.25, 0.3) is 0 Å². The van der Waals surface area contributed by atoms with E-state index in [1.54, 1.807) is 18.2 Å². The average Bonchev–Trinajstić information content (AvgIpc) is 2.90. The largest absolute Gasteiger partial charge is 0.486 e. The van der Waals surface area contributed by atoms with Crippen molar-refractivity contribution >= 4 is 39.6 Å². The maximum absolute atomic E-state index is 12.1. The van der Waals surface area contributed by atoms with Crippen LogP contribution in [0.2, 0.25) is 0 Å². The highest BCUT2D eigenvalue weighted by Gasteiger charge is 2.18. The van der Waals surface area contributed by atoms with Crippen LogP contribution in [0.15, 0.2) is 23.2 Å². The van der Waals surface area contributed by atoms with Crippen LogP contribution in [0.4, 0.5) is 0 Å². The van der Waals surface area contributed by atoms with Crippen molar-refractivity contribution in [2.45, 2.75) is 0 Å². The zero-order valence-corrected chi connectivity index (χ0v) is 12.1. The molecule has 2 aliphatic rings.